The molecule has 1 unspecified atom stereocenters. The zero-order valence-electron chi connectivity index (χ0n) is 15.9. The number of sulfonamides is 1. The van der Waals surface area contributed by atoms with Gasteiger partial charge in [-0.2, -0.15) is 9.36 Å². The summed E-state index contributed by atoms with van der Waals surface area (Å²) in [5.74, 6) is 0.148. The fraction of sp³-hybridized carbons (Fsp3) is 0.105. The minimum atomic E-state index is -4.01. The number of carbonyl (C=O) groups is 1. The van der Waals surface area contributed by atoms with Crippen LogP contribution in [0.3, 0.4) is 0 Å². The molecule has 0 bridgehead atoms. The maximum absolute atomic E-state index is 13.0. The molecule has 1 atom stereocenters. The van der Waals surface area contributed by atoms with Gasteiger partial charge in [0.1, 0.15) is 5.25 Å². The van der Waals surface area contributed by atoms with Crippen LogP contribution in [0.1, 0.15) is 17.7 Å². The second kappa shape index (κ2) is 9.54. The van der Waals surface area contributed by atoms with Gasteiger partial charge in [-0.3, -0.25) is 9.52 Å². The Balaban J connectivity index is 1.83. The molecule has 2 aromatic carbocycles. The summed E-state index contributed by atoms with van der Waals surface area (Å²) in [6.07, 6.45) is 1.23. The summed E-state index contributed by atoms with van der Waals surface area (Å²) in [6, 6.07) is 9.59. The second-order valence-electron chi connectivity index (χ2n) is 6.27. The van der Waals surface area contributed by atoms with E-state index in [2.05, 4.69) is 26.0 Å². The summed E-state index contributed by atoms with van der Waals surface area (Å²) >= 11 is 19.0. The van der Waals surface area contributed by atoms with Crippen molar-refractivity contribution in [2.75, 3.05) is 10.0 Å². The van der Waals surface area contributed by atoms with E-state index in [9.17, 15) is 13.2 Å². The van der Waals surface area contributed by atoms with Crippen molar-refractivity contribution in [2.45, 2.75) is 12.2 Å². The highest BCUT2D eigenvalue weighted by atomic mass is 35.5. The van der Waals surface area contributed by atoms with E-state index in [-0.39, 0.29) is 31.7 Å². The summed E-state index contributed by atoms with van der Waals surface area (Å²) in [5.41, 5.74) is 1.51. The van der Waals surface area contributed by atoms with E-state index in [1.165, 1.54) is 25.1 Å². The smallest absolute Gasteiger partial charge is 0.245 e. The number of nitrogens with zero attached hydrogens (tertiary/aromatic N) is 2. The molecule has 0 fully saturated rings. The minimum absolute atomic E-state index is 0.0731. The Hall–Kier alpha value is -2.17. The van der Waals surface area contributed by atoms with Gasteiger partial charge in [-0.05, 0) is 42.0 Å². The summed E-state index contributed by atoms with van der Waals surface area (Å²) < 4.78 is 32.5. The molecule has 3 rings (SSSR count). The second-order valence-corrected chi connectivity index (χ2v) is 10.0. The highest BCUT2D eigenvalue weighted by Crippen LogP contribution is 2.36. The maximum Gasteiger partial charge on any atom is 0.245 e. The first-order valence-electron chi connectivity index (χ1n) is 8.61. The largest absolute Gasteiger partial charge is 0.326 e. The number of hydrogen-bond acceptors (Lipinski definition) is 6. The number of rotatable bonds is 7. The van der Waals surface area contributed by atoms with Crippen LogP contribution in [0.25, 0.3) is 11.4 Å². The number of aromatic nitrogens is 2. The summed E-state index contributed by atoms with van der Waals surface area (Å²) in [6.45, 7) is 5.02. The maximum atomic E-state index is 13.0. The van der Waals surface area contributed by atoms with Crippen molar-refractivity contribution in [1.29, 1.82) is 0 Å². The lowest BCUT2D eigenvalue weighted by Crippen LogP contribution is -2.20. The van der Waals surface area contributed by atoms with Gasteiger partial charge in [-0.1, -0.05) is 40.9 Å². The standard InChI is InChI=1S/C19H15Cl3N4O3S2/c1-3-17(13-8-15(21)16(22)9-14(13)20)31(28,29)26-19-24-18(25-30-19)11-4-6-12(7-5-11)23-10(2)27/h3-9,17H,1H2,2H3,(H,23,27)(H,24,25,26). The first kappa shape index (κ1) is 23.5. The summed E-state index contributed by atoms with van der Waals surface area (Å²) in [7, 11) is -4.01. The minimum Gasteiger partial charge on any atom is -0.326 e. The number of amides is 1. The van der Waals surface area contributed by atoms with Crippen LogP contribution in [0.15, 0.2) is 49.1 Å². The van der Waals surface area contributed by atoms with Crippen LogP contribution in [0.2, 0.25) is 15.1 Å². The van der Waals surface area contributed by atoms with E-state index >= 15 is 0 Å². The Kier molecular flexibility index (Phi) is 7.23. The number of benzene rings is 2. The topological polar surface area (TPSA) is 101 Å². The lowest BCUT2D eigenvalue weighted by Gasteiger charge is -2.16. The first-order valence-corrected chi connectivity index (χ1v) is 12.1. The third-order valence-electron chi connectivity index (χ3n) is 4.01. The van der Waals surface area contributed by atoms with Gasteiger partial charge in [0.25, 0.3) is 0 Å². The molecule has 12 heteroatoms. The first-order chi connectivity index (χ1) is 14.6. The van der Waals surface area contributed by atoms with E-state index in [0.29, 0.717) is 17.1 Å². The molecule has 2 N–H and O–H groups in total. The number of anilines is 2. The molecular weight excluding hydrogens is 503 g/mol. The monoisotopic (exact) mass is 516 g/mol. The molecule has 1 amide bonds. The number of carbonyl (C=O) groups excluding carboxylic acids is 1. The Labute approximate surface area is 198 Å². The zero-order chi connectivity index (χ0) is 22.8. The van der Waals surface area contributed by atoms with E-state index in [4.69, 9.17) is 34.8 Å². The Bertz CT molecular complexity index is 1240. The van der Waals surface area contributed by atoms with Crippen molar-refractivity contribution in [3.8, 4) is 11.4 Å². The molecule has 31 heavy (non-hydrogen) atoms. The van der Waals surface area contributed by atoms with Crippen molar-refractivity contribution in [2.24, 2.45) is 0 Å². The third-order valence-corrected chi connectivity index (χ3v) is 7.42. The fourth-order valence-electron chi connectivity index (χ4n) is 2.65. The van der Waals surface area contributed by atoms with Crippen molar-refractivity contribution >= 4 is 73.1 Å². The third kappa shape index (κ3) is 5.55. The van der Waals surface area contributed by atoms with E-state index in [1.54, 1.807) is 24.3 Å². The molecule has 0 spiro atoms. The molecule has 1 aromatic heterocycles. The molecule has 0 saturated carbocycles. The quantitative estimate of drug-likeness (QED) is 0.305. The number of halogens is 3. The Morgan fingerprint density at radius 1 is 1.13 bits per heavy atom. The van der Waals surface area contributed by atoms with Gasteiger partial charge >= 0.3 is 0 Å². The lowest BCUT2D eigenvalue weighted by atomic mass is 10.1. The molecule has 0 aliphatic rings. The number of nitrogens with one attached hydrogen (secondary N) is 2. The fourth-order valence-corrected chi connectivity index (χ4v) is 5.53. The lowest BCUT2D eigenvalue weighted by molar-refractivity contribution is -0.114. The van der Waals surface area contributed by atoms with Gasteiger partial charge in [-0.15, -0.1) is 6.58 Å². The van der Waals surface area contributed by atoms with Gasteiger partial charge in [0.15, 0.2) is 5.82 Å². The SMILES string of the molecule is C=CC(c1cc(Cl)c(Cl)cc1Cl)S(=O)(=O)Nc1nc(-c2ccc(NC(C)=O)cc2)ns1. The van der Waals surface area contributed by atoms with Crippen LogP contribution in [0.5, 0.6) is 0 Å². The van der Waals surface area contributed by atoms with Crippen LogP contribution in [-0.2, 0) is 14.8 Å². The van der Waals surface area contributed by atoms with Gasteiger partial charge < -0.3 is 5.32 Å². The average molecular weight is 518 g/mol. The molecule has 7 nitrogen and oxygen atoms in total. The number of hydrogen-bond donors (Lipinski definition) is 2. The average Bonchev–Trinajstić information content (AvgIpc) is 3.14. The predicted octanol–water partition coefficient (Wildman–Crippen LogP) is 5.79. The normalized spacial score (nSPS) is 12.3. The van der Waals surface area contributed by atoms with Gasteiger partial charge in [-0.25, -0.2) is 8.42 Å². The zero-order valence-corrected chi connectivity index (χ0v) is 19.8. The molecule has 0 radical (unpaired) electrons. The molecule has 0 aliphatic heterocycles. The molecule has 0 aliphatic carbocycles. The molecule has 162 valence electrons. The molecular formula is C19H15Cl3N4O3S2. The van der Waals surface area contributed by atoms with Crippen LogP contribution < -0.4 is 10.0 Å². The summed E-state index contributed by atoms with van der Waals surface area (Å²) in [4.78, 5) is 15.4. The van der Waals surface area contributed by atoms with Crippen molar-refractivity contribution in [1.82, 2.24) is 9.36 Å². The van der Waals surface area contributed by atoms with Crippen LogP contribution in [-0.4, -0.2) is 23.7 Å². The van der Waals surface area contributed by atoms with Crippen LogP contribution in [0, 0.1) is 0 Å². The highest BCUT2D eigenvalue weighted by molar-refractivity contribution is 7.93. The van der Waals surface area contributed by atoms with Crippen molar-refractivity contribution in [3.05, 3.63) is 69.7 Å². The van der Waals surface area contributed by atoms with E-state index in [1.807, 2.05) is 0 Å². The molecule has 0 saturated heterocycles. The highest BCUT2D eigenvalue weighted by Gasteiger charge is 2.28. The van der Waals surface area contributed by atoms with Gasteiger partial charge in [0.2, 0.25) is 21.1 Å². The van der Waals surface area contributed by atoms with Gasteiger partial charge in [0, 0.05) is 34.7 Å². The summed E-state index contributed by atoms with van der Waals surface area (Å²) in [5, 5.41) is 2.06. The van der Waals surface area contributed by atoms with Crippen LogP contribution in [0.4, 0.5) is 10.8 Å². The predicted molar refractivity (Wildman–Crippen MR) is 127 cm³/mol. The van der Waals surface area contributed by atoms with Crippen molar-refractivity contribution < 1.29 is 13.2 Å². The van der Waals surface area contributed by atoms with Gasteiger partial charge in [0.05, 0.1) is 10.0 Å². The Morgan fingerprint density at radius 2 is 1.77 bits per heavy atom. The van der Waals surface area contributed by atoms with E-state index < -0.39 is 15.3 Å². The molecule has 3 aromatic rings. The van der Waals surface area contributed by atoms with Crippen molar-refractivity contribution in [3.63, 3.8) is 0 Å². The Morgan fingerprint density at radius 3 is 2.39 bits per heavy atom. The molecule has 1 heterocycles. The van der Waals surface area contributed by atoms with Crippen LogP contribution >= 0.6 is 46.3 Å². The van der Waals surface area contributed by atoms with E-state index in [0.717, 1.165) is 11.5 Å².